The van der Waals surface area contributed by atoms with Crippen molar-refractivity contribution in [1.82, 2.24) is 14.7 Å². The van der Waals surface area contributed by atoms with Crippen molar-refractivity contribution in [2.24, 2.45) is 5.92 Å². The van der Waals surface area contributed by atoms with E-state index in [0.717, 1.165) is 0 Å². The zero-order valence-electron chi connectivity index (χ0n) is 22.6. The molecule has 12 heteroatoms. The van der Waals surface area contributed by atoms with E-state index < -0.39 is 24.0 Å². The molecule has 0 bridgehead atoms. The van der Waals surface area contributed by atoms with Crippen LogP contribution >= 0.6 is 11.6 Å². The molecule has 3 N–H and O–H groups in total. The fraction of sp³-hybridized carbons (Fsp3) is 0.310. The number of ether oxygens (including phenoxy) is 2. The molecule has 0 saturated carbocycles. The van der Waals surface area contributed by atoms with E-state index in [2.05, 4.69) is 10.4 Å². The Balaban J connectivity index is 1.33. The number of amides is 2. The number of hydrogen-bond acceptors (Lipinski definition) is 8. The van der Waals surface area contributed by atoms with Crippen LogP contribution in [0.25, 0.3) is 0 Å². The molecule has 0 saturated heterocycles. The summed E-state index contributed by atoms with van der Waals surface area (Å²) in [5.74, 6) is -0.604. The Hall–Kier alpha value is -4.35. The van der Waals surface area contributed by atoms with Crippen molar-refractivity contribution in [3.63, 3.8) is 0 Å². The summed E-state index contributed by atoms with van der Waals surface area (Å²) in [6, 6.07) is 13.6. The van der Waals surface area contributed by atoms with Gasteiger partial charge < -0.3 is 29.9 Å². The van der Waals surface area contributed by atoms with Gasteiger partial charge in [-0.25, -0.2) is 4.79 Å². The number of nitrogens with zero attached hydrogens (tertiary/aromatic N) is 3. The molecule has 4 rings (SSSR count). The summed E-state index contributed by atoms with van der Waals surface area (Å²) in [7, 11) is 0. The number of benzene rings is 2. The van der Waals surface area contributed by atoms with Gasteiger partial charge in [-0.2, -0.15) is 5.10 Å². The molecule has 0 radical (unpaired) electrons. The van der Waals surface area contributed by atoms with Gasteiger partial charge in [0, 0.05) is 18.3 Å². The summed E-state index contributed by atoms with van der Waals surface area (Å²) >= 11 is 6.17. The zero-order valence-corrected chi connectivity index (χ0v) is 23.3. The number of halogens is 1. The van der Waals surface area contributed by atoms with Gasteiger partial charge in [0.1, 0.15) is 41.6 Å². The fourth-order valence-corrected chi connectivity index (χ4v) is 4.41. The fourth-order valence-electron chi connectivity index (χ4n) is 4.23. The Morgan fingerprint density at radius 2 is 1.85 bits per heavy atom. The van der Waals surface area contributed by atoms with Crippen LogP contribution in [0.15, 0.2) is 72.6 Å². The first-order valence-electron chi connectivity index (χ1n) is 13.0. The maximum Gasteiger partial charge on any atom is 0.342 e. The molecule has 11 nitrogen and oxygen atoms in total. The maximum atomic E-state index is 13.3. The number of nitrogens with one attached hydrogen (secondary N) is 1. The van der Waals surface area contributed by atoms with Crippen molar-refractivity contribution in [2.75, 3.05) is 18.5 Å². The number of phenols is 1. The van der Waals surface area contributed by atoms with Crippen LogP contribution in [0.2, 0.25) is 5.02 Å². The standard InChI is InChI=1S/C29H31ClN4O7/c1-18(2)13-23(34-16-20(14-27(34)37)41-25-10-6-4-8-22(25)30)28(38)31-26-11-12-33(32-26)15-19(35)17-40-29(39)21-7-3-5-9-24(21)36/h3-12,14,18-19,23,35-36H,13,15-17H2,1-2H3,(H,31,32,38)/t19-,23+/m1/s1. The first-order chi connectivity index (χ1) is 19.6. The number of aromatic hydroxyl groups is 1. The molecule has 0 spiro atoms. The molecule has 0 unspecified atom stereocenters. The Morgan fingerprint density at radius 1 is 1.12 bits per heavy atom. The molecule has 2 heterocycles. The maximum absolute atomic E-state index is 13.3. The number of anilines is 1. The van der Waals surface area contributed by atoms with E-state index in [4.69, 9.17) is 21.1 Å². The van der Waals surface area contributed by atoms with E-state index in [0.29, 0.717) is 23.0 Å². The number of carbonyl (C=O) groups excluding carboxylic acids is 3. The highest BCUT2D eigenvalue weighted by atomic mass is 35.5. The third-order valence-corrected chi connectivity index (χ3v) is 6.48. The Labute approximate surface area is 241 Å². The highest BCUT2D eigenvalue weighted by Gasteiger charge is 2.35. The lowest BCUT2D eigenvalue weighted by atomic mass is 10.0. The molecule has 216 valence electrons. The van der Waals surface area contributed by atoms with Gasteiger partial charge in [0.25, 0.3) is 5.91 Å². The number of carbonyl (C=O) groups is 3. The number of aliphatic hydroxyl groups excluding tert-OH is 1. The van der Waals surface area contributed by atoms with Crippen LogP contribution in [-0.2, 0) is 20.9 Å². The Kier molecular flexibility index (Phi) is 9.64. The summed E-state index contributed by atoms with van der Waals surface area (Å²) in [6.07, 6.45) is 2.23. The van der Waals surface area contributed by atoms with Crippen LogP contribution in [0.5, 0.6) is 11.5 Å². The Morgan fingerprint density at radius 3 is 2.59 bits per heavy atom. The molecular weight excluding hydrogens is 552 g/mol. The predicted octanol–water partition coefficient (Wildman–Crippen LogP) is 3.62. The summed E-state index contributed by atoms with van der Waals surface area (Å²) in [5, 5.41) is 27.5. The van der Waals surface area contributed by atoms with Crippen LogP contribution in [0.4, 0.5) is 5.82 Å². The molecule has 2 atom stereocenters. The van der Waals surface area contributed by atoms with Gasteiger partial charge in [0.15, 0.2) is 5.82 Å². The highest BCUT2D eigenvalue weighted by Crippen LogP contribution is 2.28. The van der Waals surface area contributed by atoms with Gasteiger partial charge in [0.05, 0.1) is 18.1 Å². The lowest BCUT2D eigenvalue weighted by Gasteiger charge is -2.28. The molecule has 3 aromatic rings. The van der Waals surface area contributed by atoms with Gasteiger partial charge in [0.2, 0.25) is 5.91 Å². The summed E-state index contributed by atoms with van der Waals surface area (Å²) in [5.41, 5.74) is -0.00558. The molecule has 2 amide bonds. The van der Waals surface area contributed by atoms with E-state index in [1.54, 1.807) is 48.7 Å². The topological polar surface area (TPSA) is 143 Å². The van der Waals surface area contributed by atoms with Gasteiger partial charge in [-0.1, -0.05) is 49.7 Å². The second-order valence-corrected chi connectivity index (χ2v) is 10.3. The second-order valence-electron chi connectivity index (χ2n) is 9.94. The van der Waals surface area contributed by atoms with Crippen molar-refractivity contribution < 1.29 is 34.1 Å². The molecule has 1 aliphatic heterocycles. The van der Waals surface area contributed by atoms with Crippen LogP contribution in [0, 0.1) is 5.92 Å². The van der Waals surface area contributed by atoms with Crippen molar-refractivity contribution >= 4 is 35.2 Å². The van der Waals surface area contributed by atoms with Crippen molar-refractivity contribution in [3.05, 3.63) is 83.2 Å². The molecule has 1 aliphatic rings. The van der Waals surface area contributed by atoms with Crippen molar-refractivity contribution in [1.29, 1.82) is 0 Å². The molecule has 1 aromatic heterocycles. The van der Waals surface area contributed by atoms with Crippen LogP contribution < -0.4 is 10.1 Å². The number of hydrogen-bond donors (Lipinski definition) is 3. The van der Waals surface area contributed by atoms with Gasteiger partial charge in [-0.15, -0.1) is 0 Å². The van der Waals surface area contributed by atoms with Gasteiger partial charge >= 0.3 is 5.97 Å². The van der Waals surface area contributed by atoms with Gasteiger partial charge in [-0.05, 0) is 36.6 Å². The number of rotatable bonds is 12. The number of aliphatic hydroxyl groups is 1. The summed E-state index contributed by atoms with van der Waals surface area (Å²) in [6.45, 7) is 3.68. The second kappa shape index (κ2) is 13.3. The van der Waals surface area contributed by atoms with Crippen molar-refractivity contribution in [2.45, 2.75) is 39.0 Å². The van der Waals surface area contributed by atoms with Gasteiger partial charge in [-0.3, -0.25) is 14.3 Å². The van der Waals surface area contributed by atoms with Crippen LogP contribution in [0.1, 0.15) is 30.6 Å². The lowest BCUT2D eigenvalue weighted by molar-refractivity contribution is -0.133. The average Bonchev–Trinajstić information content (AvgIpc) is 3.52. The van der Waals surface area contributed by atoms with E-state index in [1.165, 1.54) is 27.8 Å². The molecule has 41 heavy (non-hydrogen) atoms. The molecule has 0 fully saturated rings. The number of aromatic nitrogens is 2. The minimum atomic E-state index is -1.09. The molecule has 0 aliphatic carbocycles. The lowest BCUT2D eigenvalue weighted by Crippen LogP contribution is -2.46. The van der Waals surface area contributed by atoms with Crippen molar-refractivity contribution in [3.8, 4) is 11.5 Å². The van der Waals surface area contributed by atoms with E-state index >= 15 is 0 Å². The monoisotopic (exact) mass is 582 g/mol. The summed E-state index contributed by atoms with van der Waals surface area (Å²) in [4.78, 5) is 39.7. The van der Waals surface area contributed by atoms with E-state index in [-0.39, 0.29) is 48.7 Å². The quantitative estimate of drug-likeness (QED) is 0.275. The normalized spacial score (nSPS) is 14.5. The average molecular weight is 583 g/mol. The van der Waals surface area contributed by atoms with Crippen LogP contribution in [0.3, 0.4) is 0 Å². The number of phenolic OH excluding ortho intramolecular Hbond substituents is 1. The van der Waals surface area contributed by atoms with E-state index in [9.17, 15) is 24.6 Å². The smallest absolute Gasteiger partial charge is 0.342 e. The molecule has 2 aromatic carbocycles. The van der Waals surface area contributed by atoms with E-state index in [1.807, 2.05) is 13.8 Å². The zero-order chi connectivity index (χ0) is 29.5. The SMILES string of the molecule is CC(C)C[C@@H](C(=O)Nc1ccn(C[C@@H](O)COC(=O)c2ccccc2O)n1)N1CC(Oc2ccccc2Cl)=CC1=O. The number of para-hydroxylation sites is 2. The predicted molar refractivity (Wildman–Crippen MR) is 150 cm³/mol. The third-order valence-electron chi connectivity index (χ3n) is 6.17. The number of esters is 1. The first kappa shape index (κ1) is 29.6. The Bertz CT molecular complexity index is 1440. The minimum Gasteiger partial charge on any atom is -0.507 e. The third kappa shape index (κ3) is 7.86. The largest absolute Gasteiger partial charge is 0.507 e. The first-order valence-corrected chi connectivity index (χ1v) is 13.4. The minimum absolute atomic E-state index is 0.00558. The highest BCUT2D eigenvalue weighted by molar-refractivity contribution is 6.32. The van der Waals surface area contributed by atoms with Crippen LogP contribution in [-0.4, -0.2) is 68.0 Å². The summed E-state index contributed by atoms with van der Waals surface area (Å²) < 4.78 is 12.3. The molecular formula is C29H31ClN4O7.